The summed E-state index contributed by atoms with van der Waals surface area (Å²) in [6, 6.07) is 5.75. The summed E-state index contributed by atoms with van der Waals surface area (Å²) in [6.07, 6.45) is 2.05. The van der Waals surface area contributed by atoms with Crippen LogP contribution in [-0.2, 0) is 11.0 Å². The Hall–Kier alpha value is -3.30. The Kier molecular flexibility index (Phi) is 5.61. The first-order valence-electron chi connectivity index (χ1n) is 12.2. The summed E-state index contributed by atoms with van der Waals surface area (Å²) in [4.78, 5) is 24.5. The second-order valence-electron chi connectivity index (χ2n) is 10.0. The van der Waals surface area contributed by atoms with E-state index in [4.69, 9.17) is 22.2 Å². The molecule has 0 radical (unpaired) electrons. The number of ether oxygens (including phenoxy) is 1. The van der Waals surface area contributed by atoms with Crippen LogP contribution in [0.25, 0.3) is 0 Å². The number of alkyl halides is 3. The van der Waals surface area contributed by atoms with Crippen molar-refractivity contribution in [1.29, 1.82) is 5.26 Å². The van der Waals surface area contributed by atoms with Gasteiger partial charge in [-0.25, -0.2) is 9.97 Å². The van der Waals surface area contributed by atoms with Crippen LogP contribution in [0.4, 0.5) is 24.5 Å². The van der Waals surface area contributed by atoms with E-state index in [-0.39, 0.29) is 16.9 Å². The van der Waals surface area contributed by atoms with Crippen LogP contribution in [0.5, 0.6) is 5.88 Å². The Morgan fingerprint density at radius 3 is 2.41 bits per heavy atom. The van der Waals surface area contributed by atoms with Gasteiger partial charge in [0, 0.05) is 31.0 Å². The fourth-order valence-corrected chi connectivity index (χ4v) is 6.50. The molecular weight excluding hydrogens is 505 g/mol. The number of thiocarbonyl (C=S) groups is 1. The lowest BCUT2D eigenvalue weighted by Gasteiger charge is -2.42. The standard InChI is InChI=1S/C25H23F3N6O2S/c26-25(27,28)18-8-17(13-31-19(18)9-29)33-22(35)24(6-1-7-24)34(23(33)37)16-4-5-20(32-12-16)36-21-14-2-3-15(21)11-30-10-14/h4-5,8,12-15,21,30H,1-3,6-7,10-11H2. The number of hydrogen-bond acceptors (Lipinski definition) is 7. The number of nitrogens with one attached hydrogen (secondary N) is 1. The lowest BCUT2D eigenvalue weighted by Crippen LogP contribution is -2.55. The summed E-state index contributed by atoms with van der Waals surface area (Å²) >= 11 is 5.64. The van der Waals surface area contributed by atoms with Crippen molar-refractivity contribution in [2.75, 3.05) is 22.9 Å². The van der Waals surface area contributed by atoms with Crippen LogP contribution < -0.4 is 19.9 Å². The van der Waals surface area contributed by atoms with Crippen molar-refractivity contribution in [1.82, 2.24) is 15.3 Å². The molecular formula is C25H23F3N6O2S. The predicted molar refractivity (Wildman–Crippen MR) is 131 cm³/mol. The second kappa shape index (κ2) is 8.63. The van der Waals surface area contributed by atoms with Crippen molar-refractivity contribution < 1.29 is 22.7 Å². The number of halogens is 3. The van der Waals surface area contributed by atoms with E-state index in [1.54, 1.807) is 23.2 Å². The van der Waals surface area contributed by atoms with E-state index in [2.05, 4.69) is 15.3 Å². The van der Waals surface area contributed by atoms with E-state index < -0.39 is 28.9 Å². The number of anilines is 2. The highest BCUT2D eigenvalue weighted by Gasteiger charge is 2.60. The van der Waals surface area contributed by atoms with Crippen molar-refractivity contribution in [2.45, 2.75) is 49.9 Å². The van der Waals surface area contributed by atoms with Crippen LogP contribution in [0, 0.1) is 23.2 Å². The molecule has 1 amide bonds. The first-order chi connectivity index (χ1) is 17.7. The highest BCUT2D eigenvalue weighted by atomic mass is 32.1. The molecule has 8 nitrogen and oxygen atoms in total. The second-order valence-corrected chi connectivity index (χ2v) is 10.4. The highest BCUT2D eigenvalue weighted by Crippen LogP contribution is 2.48. The van der Waals surface area contributed by atoms with Gasteiger partial charge in [-0.1, -0.05) is 0 Å². The van der Waals surface area contributed by atoms with Gasteiger partial charge in [0.05, 0.1) is 29.3 Å². The van der Waals surface area contributed by atoms with Crippen LogP contribution in [0.15, 0.2) is 30.6 Å². The van der Waals surface area contributed by atoms with Gasteiger partial charge in [0.1, 0.15) is 17.7 Å². The van der Waals surface area contributed by atoms with E-state index in [9.17, 15) is 18.0 Å². The van der Waals surface area contributed by atoms with Gasteiger partial charge >= 0.3 is 6.18 Å². The smallest absolute Gasteiger partial charge is 0.419 e. The molecule has 2 unspecified atom stereocenters. The largest absolute Gasteiger partial charge is 0.474 e. The normalized spacial score (nSPS) is 26.4. The van der Waals surface area contributed by atoms with Crippen molar-refractivity contribution in [2.24, 2.45) is 11.8 Å². The lowest BCUT2D eigenvalue weighted by molar-refractivity contribution is -0.138. The Bertz CT molecular complexity index is 1290. The zero-order valence-electron chi connectivity index (χ0n) is 19.7. The van der Waals surface area contributed by atoms with Gasteiger partial charge in [0.15, 0.2) is 10.8 Å². The first kappa shape index (κ1) is 24.1. The van der Waals surface area contributed by atoms with E-state index in [1.165, 1.54) is 6.07 Å². The molecule has 37 heavy (non-hydrogen) atoms. The van der Waals surface area contributed by atoms with E-state index in [1.807, 2.05) is 0 Å². The number of carbonyl (C=O) groups is 1. The van der Waals surface area contributed by atoms with Gasteiger partial charge < -0.3 is 15.0 Å². The summed E-state index contributed by atoms with van der Waals surface area (Å²) in [7, 11) is 0. The fourth-order valence-electron chi connectivity index (χ4n) is 6.03. The average Bonchev–Trinajstić information content (AvgIpc) is 3.20. The van der Waals surface area contributed by atoms with Crippen molar-refractivity contribution in [3.8, 4) is 11.9 Å². The molecule has 2 aliphatic heterocycles. The molecule has 2 atom stereocenters. The van der Waals surface area contributed by atoms with E-state index >= 15 is 0 Å². The van der Waals surface area contributed by atoms with Crippen LogP contribution in [0.3, 0.4) is 0 Å². The number of fused-ring (bicyclic) bond motifs is 2. The summed E-state index contributed by atoms with van der Waals surface area (Å²) in [6.45, 7) is 1.87. The van der Waals surface area contributed by atoms with E-state index in [0.717, 1.165) is 49.5 Å². The third kappa shape index (κ3) is 3.75. The number of pyridine rings is 2. The molecule has 1 spiro atoms. The molecule has 6 rings (SSSR count). The highest BCUT2D eigenvalue weighted by molar-refractivity contribution is 7.81. The SMILES string of the molecule is N#Cc1ncc(N2C(=O)C3(CCC3)N(c3ccc(OC4C5CCC4CNC5)nc3)C2=S)cc1C(F)(F)F. The molecule has 2 saturated carbocycles. The summed E-state index contributed by atoms with van der Waals surface area (Å²) in [5, 5.41) is 12.6. The Morgan fingerprint density at radius 2 is 1.84 bits per heavy atom. The lowest BCUT2D eigenvalue weighted by atomic mass is 9.75. The first-order valence-corrected chi connectivity index (χ1v) is 12.6. The van der Waals surface area contributed by atoms with Gasteiger partial charge in [-0.15, -0.1) is 0 Å². The van der Waals surface area contributed by atoms with Gasteiger partial charge in [0.2, 0.25) is 5.88 Å². The van der Waals surface area contributed by atoms with Gasteiger partial charge in [-0.3, -0.25) is 9.69 Å². The van der Waals surface area contributed by atoms with Crippen molar-refractivity contribution in [3.05, 3.63) is 41.9 Å². The topological polar surface area (TPSA) is 94.4 Å². The molecule has 1 N–H and O–H groups in total. The van der Waals surface area contributed by atoms with Gasteiger partial charge in [0.25, 0.3) is 5.91 Å². The van der Waals surface area contributed by atoms with Crippen molar-refractivity contribution >= 4 is 34.6 Å². The van der Waals surface area contributed by atoms with Crippen LogP contribution in [0.2, 0.25) is 0 Å². The Morgan fingerprint density at radius 1 is 1.14 bits per heavy atom. The minimum absolute atomic E-state index is 0.0520. The molecule has 2 aromatic rings. The number of aromatic nitrogens is 2. The molecule has 2 bridgehead atoms. The minimum atomic E-state index is -4.81. The zero-order chi connectivity index (χ0) is 25.9. The third-order valence-electron chi connectivity index (χ3n) is 8.02. The number of rotatable bonds is 4. The summed E-state index contributed by atoms with van der Waals surface area (Å²) in [5.74, 6) is 1.00. The number of hydrogen-bond donors (Lipinski definition) is 1. The molecule has 2 aliphatic carbocycles. The van der Waals surface area contributed by atoms with Crippen molar-refractivity contribution in [3.63, 3.8) is 0 Å². The number of carbonyl (C=O) groups excluding carboxylic acids is 1. The average molecular weight is 529 g/mol. The van der Waals surface area contributed by atoms with Gasteiger partial charge in [-0.05, 0) is 56.5 Å². The maximum atomic E-state index is 13.6. The zero-order valence-corrected chi connectivity index (χ0v) is 20.5. The number of nitrogens with zero attached hydrogens (tertiary/aromatic N) is 5. The number of amides is 1. The van der Waals surface area contributed by atoms with Crippen LogP contribution >= 0.6 is 12.2 Å². The molecule has 0 aromatic carbocycles. The summed E-state index contributed by atoms with van der Waals surface area (Å²) < 4.78 is 46.9. The monoisotopic (exact) mass is 528 g/mol. The molecule has 192 valence electrons. The number of piperidine rings is 1. The van der Waals surface area contributed by atoms with E-state index in [0.29, 0.717) is 36.2 Å². The molecule has 4 heterocycles. The summed E-state index contributed by atoms with van der Waals surface area (Å²) in [5.41, 5.74) is -2.50. The Balaban J connectivity index is 1.30. The quantitative estimate of drug-likeness (QED) is 0.599. The van der Waals surface area contributed by atoms with Crippen LogP contribution in [-0.4, -0.2) is 45.7 Å². The van der Waals surface area contributed by atoms with Gasteiger partial charge in [-0.2, -0.15) is 18.4 Å². The predicted octanol–water partition coefficient (Wildman–Crippen LogP) is 3.80. The fraction of sp³-hybridized carbons (Fsp3) is 0.480. The molecule has 4 fully saturated rings. The molecule has 2 saturated heterocycles. The number of nitriles is 1. The maximum Gasteiger partial charge on any atom is 0.419 e. The molecule has 2 aromatic heterocycles. The maximum absolute atomic E-state index is 13.6. The Labute approximate surface area is 216 Å². The molecule has 12 heteroatoms. The van der Waals surface area contributed by atoms with Crippen LogP contribution in [0.1, 0.15) is 43.4 Å². The minimum Gasteiger partial charge on any atom is -0.474 e. The third-order valence-corrected chi connectivity index (χ3v) is 8.39. The molecule has 4 aliphatic rings.